The molecule has 0 saturated heterocycles. The zero-order valence-corrected chi connectivity index (χ0v) is 13.3. The minimum atomic E-state index is -0.134. The number of para-hydroxylation sites is 1. The Kier molecular flexibility index (Phi) is 4.02. The smallest absolute Gasteiger partial charge is 0.254 e. The van der Waals surface area contributed by atoms with Crippen molar-refractivity contribution < 1.29 is 4.79 Å². The number of nitrogens with zero attached hydrogens (tertiary/aromatic N) is 2. The summed E-state index contributed by atoms with van der Waals surface area (Å²) in [6.45, 7) is 3.94. The monoisotopic (exact) mass is 315 g/mol. The van der Waals surface area contributed by atoms with Gasteiger partial charge in [0.25, 0.3) is 5.56 Å². The molecule has 0 fully saturated rings. The van der Waals surface area contributed by atoms with E-state index in [-0.39, 0.29) is 23.9 Å². The van der Waals surface area contributed by atoms with Crippen molar-refractivity contribution in [2.45, 2.75) is 31.5 Å². The number of fused-ring (bicyclic) bond motifs is 1. The molecule has 0 radical (unpaired) electrons. The first-order valence-electron chi connectivity index (χ1n) is 7.12. The predicted octanol–water partition coefficient (Wildman–Crippen LogP) is 2.54. The lowest BCUT2D eigenvalue weighted by Crippen LogP contribution is -2.27. The maximum Gasteiger partial charge on any atom is 0.254 e. The molecule has 0 aliphatic carbocycles. The maximum absolute atomic E-state index is 12.3. The number of hydrogen-bond donors (Lipinski definition) is 1. The lowest BCUT2D eigenvalue weighted by atomic mass is 10.1. The summed E-state index contributed by atoms with van der Waals surface area (Å²) in [4.78, 5) is 28.5. The Balaban J connectivity index is 1.76. The number of hydrogen-bond acceptors (Lipinski definition) is 4. The highest BCUT2D eigenvalue weighted by Crippen LogP contribution is 2.32. The van der Waals surface area contributed by atoms with E-state index < -0.39 is 0 Å². The second kappa shape index (κ2) is 5.96. The number of amides is 1. The van der Waals surface area contributed by atoms with Crippen molar-refractivity contribution in [3.63, 3.8) is 0 Å². The summed E-state index contributed by atoms with van der Waals surface area (Å²) >= 11 is 1.52. The Bertz CT molecular complexity index is 765. The molecule has 3 rings (SSSR count). The number of nitrogens with one attached hydrogen (secondary N) is 1. The molecule has 1 unspecified atom stereocenters. The molecule has 1 atom stereocenters. The van der Waals surface area contributed by atoms with E-state index in [0.29, 0.717) is 10.9 Å². The van der Waals surface area contributed by atoms with E-state index >= 15 is 0 Å². The topological polar surface area (TPSA) is 64.0 Å². The maximum atomic E-state index is 12.3. The molecular formula is C16H17N3O2S. The minimum absolute atomic E-state index is 0.0772. The van der Waals surface area contributed by atoms with Crippen LogP contribution in [0, 0.1) is 13.8 Å². The number of carbonyl (C=O) groups is 1. The van der Waals surface area contributed by atoms with Crippen LogP contribution in [0.5, 0.6) is 0 Å². The molecule has 22 heavy (non-hydrogen) atoms. The summed E-state index contributed by atoms with van der Waals surface area (Å²) in [6, 6.07) is 7.21. The molecule has 6 heteroatoms. The fraction of sp³-hybridized carbons (Fsp3) is 0.312. The van der Waals surface area contributed by atoms with Crippen molar-refractivity contribution in [2.75, 3.05) is 11.1 Å². The fourth-order valence-electron chi connectivity index (χ4n) is 2.66. The number of anilines is 1. The van der Waals surface area contributed by atoms with Gasteiger partial charge >= 0.3 is 0 Å². The molecule has 2 heterocycles. The summed E-state index contributed by atoms with van der Waals surface area (Å²) in [5.74, 6) is 0.624. The molecule has 1 N–H and O–H groups in total. The van der Waals surface area contributed by atoms with E-state index in [0.717, 1.165) is 16.8 Å². The van der Waals surface area contributed by atoms with Gasteiger partial charge in [0.05, 0.1) is 6.04 Å². The number of aryl methyl sites for hydroxylation is 2. The largest absolute Gasteiger partial charge is 0.326 e. The molecule has 5 nitrogen and oxygen atoms in total. The van der Waals surface area contributed by atoms with Crippen molar-refractivity contribution in [1.29, 1.82) is 0 Å². The van der Waals surface area contributed by atoms with E-state index in [9.17, 15) is 9.59 Å². The van der Waals surface area contributed by atoms with Gasteiger partial charge < -0.3 is 5.32 Å². The highest BCUT2D eigenvalue weighted by Gasteiger charge is 2.26. The Morgan fingerprint density at radius 3 is 2.82 bits per heavy atom. The van der Waals surface area contributed by atoms with Crippen LogP contribution in [0.1, 0.15) is 23.6 Å². The first-order valence-corrected chi connectivity index (χ1v) is 8.11. The summed E-state index contributed by atoms with van der Waals surface area (Å²) in [5.41, 5.74) is 2.83. The van der Waals surface area contributed by atoms with Gasteiger partial charge in [-0.1, -0.05) is 30.0 Å². The van der Waals surface area contributed by atoms with E-state index in [4.69, 9.17) is 0 Å². The molecule has 2 aromatic rings. The van der Waals surface area contributed by atoms with E-state index in [1.54, 1.807) is 4.57 Å². The molecule has 1 aromatic heterocycles. The van der Waals surface area contributed by atoms with Crippen LogP contribution in [0.2, 0.25) is 0 Å². The van der Waals surface area contributed by atoms with Crippen LogP contribution in [0.4, 0.5) is 5.69 Å². The summed E-state index contributed by atoms with van der Waals surface area (Å²) < 4.78 is 1.62. The third-order valence-electron chi connectivity index (χ3n) is 3.78. The van der Waals surface area contributed by atoms with Gasteiger partial charge in [0.15, 0.2) is 5.16 Å². The predicted molar refractivity (Wildman–Crippen MR) is 87.4 cm³/mol. The molecule has 0 bridgehead atoms. The minimum Gasteiger partial charge on any atom is -0.326 e. The van der Waals surface area contributed by atoms with Gasteiger partial charge in [-0.15, -0.1) is 0 Å². The van der Waals surface area contributed by atoms with Crippen LogP contribution in [-0.4, -0.2) is 21.2 Å². The van der Waals surface area contributed by atoms with Crippen molar-refractivity contribution in [3.05, 3.63) is 51.9 Å². The first kappa shape index (κ1) is 14.8. The first-order chi connectivity index (χ1) is 10.6. The van der Waals surface area contributed by atoms with Crippen molar-refractivity contribution >= 4 is 23.4 Å². The Morgan fingerprint density at radius 1 is 1.36 bits per heavy atom. The highest BCUT2D eigenvalue weighted by atomic mass is 32.2. The van der Waals surface area contributed by atoms with Gasteiger partial charge in [0, 0.05) is 30.1 Å². The summed E-state index contributed by atoms with van der Waals surface area (Å²) in [6.07, 6.45) is 1.79. The van der Waals surface area contributed by atoms with Crippen LogP contribution in [0.15, 0.2) is 40.4 Å². The van der Waals surface area contributed by atoms with E-state index in [2.05, 4.69) is 10.3 Å². The second-order valence-corrected chi connectivity index (χ2v) is 6.41. The van der Waals surface area contributed by atoms with E-state index in [1.165, 1.54) is 24.0 Å². The van der Waals surface area contributed by atoms with Gasteiger partial charge in [0.2, 0.25) is 5.91 Å². The van der Waals surface area contributed by atoms with Crippen molar-refractivity contribution in [2.24, 2.45) is 0 Å². The zero-order valence-electron chi connectivity index (χ0n) is 12.5. The third-order valence-corrected chi connectivity index (χ3v) is 4.89. The quantitative estimate of drug-likeness (QED) is 0.884. The lowest BCUT2D eigenvalue weighted by molar-refractivity contribution is -0.116. The molecule has 1 amide bonds. The van der Waals surface area contributed by atoms with Crippen molar-refractivity contribution in [3.8, 4) is 0 Å². The Labute approximate surface area is 132 Å². The third kappa shape index (κ3) is 2.78. The number of benzene rings is 1. The lowest BCUT2D eigenvalue weighted by Gasteiger charge is -2.15. The SMILES string of the molecule is Cc1cccc(C)c1NC(=O)CC1CSc2nccc(=O)n21. The fourth-order valence-corrected chi connectivity index (χ4v) is 3.78. The normalized spacial score (nSPS) is 16.4. The average molecular weight is 315 g/mol. The summed E-state index contributed by atoms with van der Waals surface area (Å²) in [5, 5.41) is 3.66. The summed E-state index contributed by atoms with van der Waals surface area (Å²) in [7, 11) is 0. The molecule has 1 aliphatic rings. The van der Waals surface area contributed by atoms with Crippen LogP contribution < -0.4 is 10.9 Å². The molecular weight excluding hydrogens is 298 g/mol. The van der Waals surface area contributed by atoms with Gasteiger partial charge in [-0.05, 0) is 25.0 Å². The number of thioether (sulfide) groups is 1. The van der Waals surface area contributed by atoms with Gasteiger partial charge in [-0.3, -0.25) is 14.2 Å². The number of rotatable bonds is 3. The molecule has 1 aliphatic heterocycles. The van der Waals surface area contributed by atoms with Gasteiger partial charge in [-0.2, -0.15) is 0 Å². The standard InChI is InChI=1S/C16H17N3O2S/c1-10-4-3-5-11(2)15(10)18-13(20)8-12-9-22-16-17-7-6-14(21)19(12)16/h3-7,12H,8-9H2,1-2H3,(H,18,20). The van der Waals surface area contributed by atoms with Gasteiger partial charge in [-0.25, -0.2) is 4.98 Å². The average Bonchev–Trinajstić information content (AvgIpc) is 2.87. The molecule has 1 aromatic carbocycles. The molecule has 0 spiro atoms. The van der Waals surface area contributed by atoms with Crippen LogP contribution in [-0.2, 0) is 4.79 Å². The highest BCUT2D eigenvalue weighted by molar-refractivity contribution is 7.99. The van der Waals surface area contributed by atoms with Crippen LogP contribution in [0.3, 0.4) is 0 Å². The molecule has 114 valence electrons. The van der Waals surface area contributed by atoms with Gasteiger partial charge in [0.1, 0.15) is 0 Å². The second-order valence-electron chi connectivity index (χ2n) is 5.42. The number of aromatic nitrogens is 2. The van der Waals surface area contributed by atoms with Crippen LogP contribution in [0.25, 0.3) is 0 Å². The van der Waals surface area contributed by atoms with E-state index in [1.807, 2.05) is 32.0 Å². The Hall–Kier alpha value is -2.08. The number of carbonyl (C=O) groups excluding carboxylic acids is 1. The van der Waals surface area contributed by atoms with Crippen LogP contribution >= 0.6 is 11.8 Å². The molecule has 0 saturated carbocycles. The Morgan fingerprint density at radius 2 is 2.09 bits per heavy atom. The zero-order chi connectivity index (χ0) is 15.7. The van der Waals surface area contributed by atoms with Crippen molar-refractivity contribution in [1.82, 2.24) is 9.55 Å².